The molecule has 0 saturated heterocycles. The average molecular weight is 267 g/mol. The van der Waals surface area contributed by atoms with Gasteiger partial charge < -0.3 is 9.67 Å². The monoisotopic (exact) mass is 266 g/mol. The van der Waals surface area contributed by atoms with E-state index in [1.807, 2.05) is 0 Å². The van der Waals surface area contributed by atoms with Crippen molar-refractivity contribution in [2.24, 2.45) is 0 Å². The Morgan fingerprint density at radius 2 is 2.27 bits per heavy atom. The summed E-state index contributed by atoms with van der Waals surface area (Å²) in [5.74, 6) is -0.958. The van der Waals surface area contributed by atoms with Gasteiger partial charge in [-0.2, -0.15) is 0 Å². The molecular weight excluding hydrogens is 260 g/mol. The molecule has 2 rings (SSSR count). The number of hydrogen-bond donors (Lipinski definition) is 1. The normalized spacial score (nSPS) is 10.2. The SMILES string of the molecule is O=C(O)c1cccn1-c1cncc(Br)c1. The number of hydrogen-bond acceptors (Lipinski definition) is 2. The Labute approximate surface area is 94.3 Å². The fraction of sp³-hybridized carbons (Fsp3) is 0. The minimum Gasteiger partial charge on any atom is -0.477 e. The summed E-state index contributed by atoms with van der Waals surface area (Å²) in [5.41, 5.74) is 0.932. The van der Waals surface area contributed by atoms with E-state index in [2.05, 4.69) is 20.9 Å². The second kappa shape index (κ2) is 3.86. The van der Waals surface area contributed by atoms with E-state index in [-0.39, 0.29) is 5.69 Å². The van der Waals surface area contributed by atoms with Crippen LogP contribution in [0.5, 0.6) is 0 Å². The summed E-state index contributed by atoms with van der Waals surface area (Å²) in [6.07, 6.45) is 4.94. The molecule has 0 fully saturated rings. The van der Waals surface area contributed by atoms with E-state index in [0.29, 0.717) is 5.69 Å². The van der Waals surface area contributed by atoms with E-state index in [9.17, 15) is 4.79 Å². The zero-order chi connectivity index (χ0) is 10.8. The molecule has 0 unspecified atom stereocenters. The van der Waals surface area contributed by atoms with Gasteiger partial charge in [0.2, 0.25) is 0 Å². The lowest BCUT2D eigenvalue weighted by Gasteiger charge is -2.05. The molecule has 15 heavy (non-hydrogen) atoms. The first-order chi connectivity index (χ1) is 7.18. The van der Waals surface area contributed by atoms with Crippen LogP contribution >= 0.6 is 15.9 Å². The van der Waals surface area contributed by atoms with Crippen molar-refractivity contribution >= 4 is 21.9 Å². The van der Waals surface area contributed by atoms with Gasteiger partial charge in [0.05, 0.1) is 11.9 Å². The fourth-order valence-corrected chi connectivity index (χ4v) is 1.67. The Kier molecular flexibility index (Phi) is 2.55. The van der Waals surface area contributed by atoms with Crippen molar-refractivity contribution in [3.63, 3.8) is 0 Å². The molecule has 4 nitrogen and oxygen atoms in total. The number of aromatic nitrogens is 2. The number of aromatic carboxylic acids is 1. The van der Waals surface area contributed by atoms with Crippen LogP contribution < -0.4 is 0 Å². The Bertz CT molecular complexity index is 508. The molecular formula is C10H7BrN2O2. The van der Waals surface area contributed by atoms with Crippen LogP contribution in [-0.4, -0.2) is 20.6 Å². The fourth-order valence-electron chi connectivity index (χ4n) is 1.31. The predicted molar refractivity (Wildman–Crippen MR) is 58.2 cm³/mol. The average Bonchev–Trinajstić information content (AvgIpc) is 2.65. The predicted octanol–water partition coefficient (Wildman–Crippen LogP) is 2.33. The topological polar surface area (TPSA) is 55.1 Å². The van der Waals surface area contributed by atoms with Gasteiger partial charge >= 0.3 is 5.97 Å². The van der Waals surface area contributed by atoms with Gasteiger partial charge in [0, 0.05) is 16.9 Å². The maximum absolute atomic E-state index is 10.9. The van der Waals surface area contributed by atoms with Crippen molar-refractivity contribution < 1.29 is 9.90 Å². The largest absolute Gasteiger partial charge is 0.477 e. The lowest BCUT2D eigenvalue weighted by atomic mass is 10.4. The molecule has 76 valence electrons. The van der Waals surface area contributed by atoms with Crippen molar-refractivity contribution in [3.8, 4) is 5.69 Å². The van der Waals surface area contributed by atoms with E-state index in [1.165, 1.54) is 0 Å². The summed E-state index contributed by atoms with van der Waals surface area (Å²) in [4.78, 5) is 14.9. The van der Waals surface area contributed by atoms with Gasteiger partial charge in [-0.05, 0) is 34.1 Å². The number of carboxylic acids is 1. The van der Waals surface area contributed by atoms with E-state index >= 15 is 0 Å². The van der Waals surface area contributed by atoms with Crippen LogP contribution in [0.1, 0.15) is 10.5 Å². The van der Waals surface area contributed by atoms with Gasteiger partial charge in [0.25, 0.3) is 0 Å². The minimum atomic E-state index is -0.958. The number of nitrogens with zero attached hydrogens (tertiary/aromatic N) is 2. The number of halogens is 1. The smallest absolute Gasteiger partial charge is 0.352 e. The van der Waals surface area contributed by atoms with Crippen molar-refractivity contribution in [3.05, 3.63) is 47.0 Å². The maximum atomic E-state index is 10.9. The molecule has 2 aromatic rings. The second-order valence-electron chi connectivity index (χ2n) is 2.93. The summed E-state index contributed by atoms with van der Waals surface area (Å²) in [7, 11) is 0. The Balaban J connectivity index is 2.54. The first-order valence-corrected chi connectivity index (χ1v) is 4.99. The lowest BCUT2D eigenvalue weighted by molar-refractivity contribution is 0.0688. The van der Waals surface area contributed by atoms with E-state index in [0.717, 1.165) is 4.47 Å². The summed E-state index contributed by atoms with van der Waals surface area (Å²) in [6, 6.07) is 5.03. The van der Waals surface area contributed by atoms with Crippen LogP contribution in [0, 0.1) is 0 Å². The Morgan fingerprint density at radius 1 is 1.47 bits per heavy atom. The van der Waals surface area contributed by atoms with Gasteiger partial charge in [0.15, 0.2) is 0 Å². The highest BCUT2D eigenvalue weighted by atomic mass is 79.9. The molecule has 2 heterocycles. The van der Waals surface area contributed by atoms with Crippen LogP contribution in [0.4, 0.5) is 0 Å². The number of carboxylic acid groups (broad SMARTS) is 1. The molecule has 0 aliphatic heterocycles. The molecule has 0 atom stereocenters. The molecule has 5 heteroatoms. The Hall–Kier alpha value is -1.62. The summed E-state index contributed by atoms with van der Waals surface area (Å²) in [6.45, 7) is 0. The molecule has 0 aliphatic rings. The third-order valence-corrected chi connectivity index (χ3v) is 2.37. The van der Waals surface area contributed by atoms with Gasteiger partial charge in [-0.1, -0.05) is 0 Å². The van der Waals surface area contributed by atoms with Gasteiger partial charge in [0.1, 0.15) is 5.69 Å². The maximum Gasteiger partial charge on any atom is 0.352 e. The summed E-state index contributed by atoms with van der Waals surface area (Å²) >= 11 is 3.29. The first-order valence-electron chi connectivity index (χ1n) is 4.20. The van der Waals surface area contributed by atoms with Crippen LogP contribution in [0.3, 0.4) is 0 Å². The molecule has 0 radical (unpaired) electrons. The highest BCUT2D eigenvalue weighted by Gasteiger charge is 2.09. The second-order valence-corrected chi connectivity index (χ2v) is 3.85. The van der Waals surface area contributed by atoms with Crippen LogP contribution in [0.2, 0.25) is 0 Å². The van der Waals surface area contributed by atoms with Gasteiger partial charge in [-0.3, -0.25) is 4.98 Å². The van der Waals surface area contributed by atoms with Crippen LogP contribution in [0.15, 0.2) is 41.3 Å². The number of pyridine rings is 1. The quantitative estimate of drug-likeness (QED) is 0.908. The molecule has 1 N–H and O–H groups in total. The zero-order valence-corrected chi connectivity index (χ0v) is 9.18. The van der Waals surface area contributed by atoms with Crippen LogP contribution in [0.25, 0.3) is 5.69 Å². The molecule has 0 aromatic carbocycles. The molecule has 0 spiro atoms. The highest BCUT2D eigenvalue weighted by Crippen LogP contribution is 2.16. The Morgan fingerprint density at radius 3 is 2.93 bits per heavy atom. The van der Waals surface area contributed by atoms with Crippen molar-refractivity contribution in [2.45, 2.75) is 0 Å². The van der Waals surface area contributed by atoms with E-state index < -0.39 is 5.97 Å². The summed E-state index contributed by atoms with van der Waals surface area (Å²) < 4.78 is 2.38. The van der Waals surface area contributed by atoms with E-state index in [4.69, 9.17) is 5.11 Å². The minimum absolute atomic E-state index is 0.218. The van der Waals surface area contributed by atoms with Crippen LogP contribution in [-0.2, 0) is 0 Å². The van der Waals surface area contributed by atoms with Gasteiger partial charge in [-0.25, -0.2) is 4.79 Å². The zero-order valence-electron chi connectivity index (χ0n) is 7.59. The molecule has 2 aromatic heterocycles. The lowest BCUT2D eigenvalue weighted by Crippen LogP contribution is -2.05. The molecule has 0 saturated carbocycles. The van der Waals surface area contributed by atoms with Crippen molar-refractivity contribution in [1.29, 1.82) is 0 Å². The third kappa shape index (κ3) is 1.92. The number of carbonyl (C=O) groups is 1. The molecule has 0 amide bonds. The standard InChI is InChI=1S/C10H7BrN2O2/c11-7-4-8(6-12-5-7)13-3-1-2-9(13)10(14)15/h1-6H,(H,14,15). The van der Waals surface area contributed by atoms with Crippen molar-refractivity contribution in [1.82, 2.24) is 9.55 Å². The molecule has 0 aliphatic carbocycles. The third-order valence-electron chi connectivity index (χ3n) is 1.94. The van der Waals surface area contributed by atoms with E-state index in [1.54, 1.807) is 41.4 Å². The van der Waals surface area contributed by atoms with Crippen molar-refractivity contribution in [2.75, 3.05) is 0 Å². The number of rotatable bonds is 2. The summed E-state index contributed by atoms with van der Waals surface area (Å²) in [5, 5.41) is 8.93. The highest BCUT2D eigenvalue weighted by molar-refractivity contribution is 9.10. The van der Waals surface area contributed by atoms with Gasteiger partial charge in [-0.15, -0.1) is 0 Å². The first kappa shape index (κ1) is 9.92. The molecule has 0 bridgehead atoms.